The van der Waals surface area contributed by atoms with Crippen LogP contribution in [0.2, 0.25) is 0 Å². The summed E-state index contributed by atoms with van der Waals surface area (Å²) in [6, 6.07) is 21.8. The maximum Gasteiger partial charge on any atom is 0.258 e. The maximum absolute atomic E-state index is 12.7. The minimum absolute atomic E-state index is 0.131. The van der Waals surface area contributed by atoms with E-state index in [4.69, 9.17) is 4.74 Å². The molecule has 1 amide bonds. The summed E-state index contributed by atoms with van der Waals surface area (Å²) in [6.45, 7) is 6.65. The van der Waals surface area contributed by atoms with Crippen LogP contribution in [0.3, 0.4) is 0 Å². The van der Waals surface area contributed by atoms with Crippen LogP contribution in [0.5, 0.6) is 17.2 Å². The number of phenols is 1. The van der Waals surface area contributed by atoms with Crippen molar-refractivity contribution in [1.29, 1.82) is 0 Å². The molecule has 3 rings (SSSR count). The highest BCUT2D eigenvalue weighted by Gasteiger charge is 2.18. The zero-order chi connectivity index (χ0) is 21.0. The second-order valence-corrected chi connectivity index (χ2v) is 7.77. The van der Waals surface area contributed by atoms with Crippen molar-refractivity contribution in [3.05, 3.63) is 83.9 Å². The molecule has 1 N–H and O–H groups in total. The third-order valence-electron chi connectivity index (χ3n) is 5.40. The first-order chi connectivity index (χ1) is 13.8. The Balaban J connectivity index is 1.68. The van der Waals surface area contributed by atoms with E-state index in [1.165, 1.54) is 5.56 Å². The average molecular weight is 389 g/mol. The van der Waals surface area contributed by atoms with E-state index < -0.39 is 0 Å². The zero-order valence-electron chi connectivity index (χ0n) is 17.3. The fraction of sp³-hybridized carbons (Fsp3) is 0.240. The fourth-order valence-electron chi connectivity index (χ4n) is 2.97. The number of hydrogen-bond acceptors (Lipinski definition) is 3. The lowest BCUT2D eigenvalue weighted by Gasteiger charge is -2.23. The molecule has 29 heavy (non-hydrogen) atoms. The molecule has 4 nitrogen and oxygen atoms in total. The summed E-state index contributed by atoms with van der Waals surface area (Å²) in [7, 11) is 1.71. The Bertz CT molecular complexity index is 958. The molecule has 0 heterocycles. The molecule has 0 spiro atoms. The topological polar surface area (TPSA) is 49.8 Å². The van der Waals surface area contributed by atoms with E-state index in [0.29, 0.717) is 17.0 Å². The monoisotopic (exact) mass is 389 g/mol. The van der Waals surface area contributed by atoms with Crippen molar-refractivity contribution < 1.29 is 14.6 Å². The van der Waals surface area contributed by atoms with Crippen LogP contribution in [0.25, 0.3) is 0 Å². The van der Waals surface area contributed by atoms with E-state index in [1.54, 1.807) is 60.5 Å². The summed E-state index contributed by atoms with van der Waals surface area (Å²) < 4.78 is 5.92. The molecule has 0 aliphatic rings. The summed E-state index contributed by atoms with van der Waals surface area (Å²) in [5.41, 5.74) is 2.70. The van der Waals surface area contributed by atoms with Gasteiger partial charge in [0, 0.05) is 18.3 Å². The quantitative estimate of drug-likeness (QED) is 0.550. The number of nitrogens with zero attached hydrogens (tertiary/aromatic N) is 1. The molecular formula is C25H27NO3. The normalized spacial score (nSPS) is 11.2. The van der Waals surface area contributed by atoms with Crippen LogP contribution in [0.4, 0.5) is 5.69 Å². The lowest BCUT2D eigenvalue weighted by Crippen LogP contribution is -2.25. The number of rotatable bonds is 6. The van der Waals surface area contributed by atoms with E-state index in [0.717, 1.165) is 12.2 Å². The van der Waals surface area contributed by atoms with Crippen LogP contribution in [0, 0.1) is 0 Å². The van der Waals surface area contributed by atoms with Gasteiger partial charge in [0.15, 0.2) is 0 Å². The summed E-state index contributed by atoms with van der Waals surface area (Å²) in [5, 5.41) is 9.40. The van der Waals surface area contributed by atoms with Gasteiger partial charge in [-0.1, -0.05) is 32.9 Å². The van der Waals surface area contributed by atoms with E-state index in [-0.39, 0.29) is 17.1 Å². The van der Waals surface area contributed by atoms with Crippen molar-refractivity contribution in [3.8, 4) is 17.2 Å². The summed E-state index contributed by atoms with van der Waals surface area (Å²) in [4.78, 5) is 14.2. The lowest BCUT2D eigenvalue weighted by molar-refractivity contribution is 0.0993. The molecule has 0 bridgehead atoms. The highest BCUT2D eigenvalue weighted by molar-refractivity contribution is 6.05. The standard InChI is InChI=1S/C25H27NO3/c1-5-25(2,3)19-8-16-23(17-9-19)29-22-14-6-18(7-15-22)24(28)26(4)20-10-12-21(27)13-11-20/h6-17,27H,5H2,1-4H3. The highest BCUT2D eigenvalue weighted by Crippen LogP contribution is 2.30. The van der Waals surface area contributed by atoms with Crippen LogP contribution in [-0.4, -0.2) is 18.1 Å². The number of aromatic hydroxyl groups is 1. The Labute approximate surface area is 172 Å². The van der Waals surface area contributed by atoms with Crippen LogP contribution in [0.1, 0.15) is 43.1 Å². The molecule has 4 heteroatoms. The van der Waals surface area contributed by atoms with Gasteiger partial charge in [-0.25, -0.2) is 0 Å². The second kappa shape index (κ2) is 8.39. The number of anilines is 1. The van der Waals surface area contributed by atoms with E-state index in [2.05, 4.69) is 32.9 Å². The van der Waals surface area contributed by atoms with Gasteiger partial charge in [-0.15, -0.1) is 0 Å². The predicted octanol–water partition coefficient (Wildman–Crippen LogP) is 6.15. The SMILES string of the molecule is CCC(C)(C)c1ccc(Oc2ccc(C(=O)N(C)c3ccc(O)cc3)cc2)cc1. The fourth-order valence-corrected chi connectivity index (χ4v) is 2.97. The minimum atomic E-state index is -0.131. The van der Waals surface area contributed by atoms with Gasteiger partial charge >= 0.3 is 0 Å². The number of carbonyl (C=O) groups excluding carboxylic acids is 1. The smallest absolute Gasteiger partial charge is 0.258 e. The Morgan fingerprint density at radius 1 is 0.897 bits per heavy atom. The van der Waals surface area contributed by atoms with E-state index in [9.17, 15) is 9.90 Å². The van der Waals surface area contributed by atoms with Crippen LogP contribution in [-0.2, 0) is 5.41 Å². The van der Waals surface area contributed by atoms with Gasteiger partial charge in [-0.3, -0.25) is 4.79 Å². The van der Waals surface area contributed by atoms with E-state index in [1.807, 2.05) is 12.1 Å². The largest absolute Gasteiger partial charge is 0.508 e. The molecule has 0 aliphatic heterocycles. The summed E-state index contributed by atoms with van der Waals surface area (Å²) >= 11 is 0. The molecule has 0 saturated carbocycles. The third kappa shape index (κ3) is 4.77. The van der Waals surface area contributed by atoms with Crippen LogP contribution >= 0.6 is 0 Å². The summed E-state index contributed by atoms with van der Waals surface area (Å²) in [5.74, 6) is 1.48. The molecule has 0 fully saturated rings. The molecule has 3 aromatic rings. The molecule has 0 radical (unpaired) electrons. The first kappa shape index (κ1) is 20.5. The molecule has 0 atom stereocenters. The van der Waals surface area contributed by atoms with Crippen molar-refractivity contribution in [3.63, 3.8) is 0 Å². The van der Waals surface area contributed by atoms with Gasteiger partial charge in [-0.05, 0) is 78.1 Å². The number of amides is 1. The molecule has 0 aromatic heterocycles. The minimum Gasteiger partial charge on any atom is -0.508 e. The van der Waals surface area contributed by atoms with Crippen LogP contribution in [0.15, 0.2) is 72.8 Å². The molecule has 150 valence electrons. The lowest BCUT2D eigenvalue weighted by atomic mass is 9.82. The van der Waals surface area contributed by atoms with Gasteiger partial charge < -0.3 is 14.7 Å². The van der Waals surface area contributed by atoms with Gasteiger partial charge in [0.25, 0.3) is 5.91 Å². The molecule has 0 unspecified atom stereocenters. The molecule has 3 aromatic carbocycles. The summed E-state index contributed by atoms with van der Waals surface area (Å²) in [6.07, 6.45) is 1.07. The Kier molecular flexibility index (Phi) is 5.92. The number of phenolic OH excluding ortho intramolecular Hbond substituents is 1. The number of hydrogen-bond donors (Lipinski definition) is 1. The van der Waals surface area contributed by atoms with Gasteiger partial charge in [0.2, 0.25) is 0 Å². The second-order valence-electron chi connectivity index (χ2n) is 7.77. The van der Waals surface area contributed by atoms with Crippen molar-refractivity contribution >= 4 is 11.6 Å². The van der Waals surface area contributed by atoms with Crippen molar-refractivity contribution in [1.82, 2.24) is 0 Å². The number of ether oxygens (including phenoxy) is 1. The number of benzene rings is 3. The maximum atomic E-state index is 12.7. The van der Waals surface area contributed by atoms with E-state index >= 15 is 0 Å². The molecule has 0 aliphatic carbocycles. The van der Waals surface area contributed by atoms with Crippen molar-refractivity contribution in [2.75, 3.05) is 11.9 Å². The van der Waals surface area contributed by atoms with Crippen LogP contribution < -0.4 is 9.64 Å². The molecular weight excluding hydrogens is 362 g/mol. The van der Waals surface area contributed by atoms with Gasteiger partial charge in [-0.2, -0.15) is 0 Å². The first-order valence-corrected chi connectivity index (χ1v) is 9.76. The number of carbonyl (C=O) groups is 1. The van der Waals surface area contributed by atoms with Crippen molar-refractivity contribution in [2.24, 2.45) is 0 Å². The van der Waals surface area contributed by atoms with Crippen molar-refractivity contribution in [2.45, 2.75) is 32.6 Å². The van der Waals surface area contributed by atoms with Gasteiger partial charge in [0.05, 0.1) is 0 Å². The Morgan fingerprint density at radius 2 is 1.41 bits per heavy atom. The average Bonchev–Trinajstić information content (AvgIpc) is 2.74. The zero-order valence-corrected chi connectivity index (χ0v) is 17.3. The predicted molar refractivity (Wildman–Crippen MR) is 117 cm³/mol. The molecule has 0 saturated heterocycles. The highest BCUT2D eigenvalue weighted by atomic mass is 16.5. The first-order valence-electron chi connectivity index (χ1n) is 9.76. The Hall–Kier alpha value is -3.27. The third-order valence-corrected chi connectivity index (χ3v) is 5.40. The van der Waals surface area contributed by atoms with Gasteiger partial charge in [0.1, 0.15) is 17.2 Å². The Morgan fingerprint density at radius 3 is 1.93 bits per heavy atom.